The predicted octanol–water partition coefficient (Wildman–Crippen LogP) is 2.31. The third kappa shape index (κ3) is 2.06. The number of aromatic amines is 1. The lowest BCUT2D eigenvalue weighted by Gasteiger charge is -2.03. The van der Waals surface area contributed by atoms with Crippen molar-refractivity contribution in [3.05, 3.63) is 58.6 Å². The van der Waals surface area contributed by atoms with Gasteiger partial charge < -0.3 is 10.7 Å². The molecule has 0 radical (unpaired) electrons. The number of hydrogen-bond donors (Lipinski definition) is 2. The van der Waals surface area contributed by atoms with Crippen molar-refractivity contribution in [1.82, 2.24) is 9.97 Å². The summed E-state index contributed by atoms with van der Waals surface area (Å²) in [5.74, 6) is 0.00749. The van der Waals surface area contributed by atoms with Crippen LogP contribution in [0.15, 0.2) is 47.3 Å². The van der Waals surface area contributed by atoms with Crippen molar-refractivity contribution >= 4 is 16.9 Å². The molecule has 3 aromatic rings. The summed E-state index contributed by atoms with van der Waals surface area (Å²) in [5.41, 5.74) is 6.85. The maximum atomic E-state index is 12.9. The number of aromatic nitrogens is 2. The van der Waals surface area contributed by atoms with Crippen LogP contribution in [0.25, 0.3) is 22.2 Å². The molecule has 94 valence electrons. The number of fused-ring (bicyclic) bond motifs is 1. The fourth-order valence-corrected chi connectivity index (χ4v) is 1.94. The standard InChI is InChI=1S/C14H10FN3O/c15-10-4-1-8(2-5-10)11-7-9-3-6-12(16)17-13(9)18-14(11)19/h1-7H,(H3,16,17,18,19). The lowest BCUT2D eigenvalue weighted by Crippen LogP contribution is -2.09. The molecule has 0 saturated carbocycles. The zero-order chi connectivity index (χ0) is 13.4. The Kier molecular flexibility index (Phi) is 2.52. The van der Waals surface area contributed by atoms with E-state index in [1.807, 2.05) is 0 Å². The molecule has 0 bridgehead atoms. The van der Waals surface area contributed by atoms with Gasteiger partial charge in [-0.25, -0.2) is 9.37 Å². The van der Waals surface area contributed by atoms with Crippen LogP contribution in [0.4, 0.5) is 10.2 Å². The number of nitrogens with zero attached hydrogens (tertiary/aromatic N) is 1. The van der Waals surface area contributed by atoms with Gasteiger partial charge in [0.1, 0.15) is 17.3 Å². The maximum absolute atomic E-state index is 12.9. The summed E-state index contributed by atoms with van der Waals surface area (Å²) in [6.07, 6.45) is 0. The van der Waals surface area contributed by atoms with Crippen molar-refractivity contribution in [3.63, 3.8) is 0 Å². The Balaban J connectivity index is 2.24. The molecule has 0 amide bonds. The first-order chi connectivity index (χ1) is 9.13. The van der Waals surface area contributed by atoms with Crippen molar-refractivity contribution in [3.8, 4) is 11.1 Å². The third-order valence-electron chi connectivity index (χ3n) is 2.88. The molecule has 5 heteroatoms. The molecule has 0 aliphatic carbocycles. The number of nitrogens with two attached hydrogens (primary N) is 1. The molecular weight excluding hydrogens is 245 g/mol. The summed E-state index contributed by atoms with van der Waals surface area (Å²) >= 11 is 0. The Bertz CT molecular complexity index is 809. The second kappa shape index (κ2) is 4.20. The monoisotopic (exact) mass is 255 g/mol. The molecule has 1 aromatic carbocycles. The molecule has 2 aromatic heterocycles. The number of halogens is 1. The summed E-state index contributed by atoms with van der Waals surface area (Å²) in [7, 11) is 0. The van der Waals surface area contributed by atoms with Gasteiger partial charge in [-0.05, 0) is 35.9 Å². The highest BCUT2D eigenvalue weighted by molar-refractivity contribution is 5.81. The van der Waals surface area contributed by atoms with Crippen molar-refractivity contribution in [2.24, 2.45) is 0 Å². The van der Waals surface area contributed by atoms with Gasteiger partial charge in [0.25, 0.3) is 5.56 Å². The normalized spacial score (nSPS) is 10.8. The number of hydrogen-bond acceptors (Lipinski definition) is 3. The van der Waals surface area contributed by atoms with Crippen LogP contribution in [0.3, 0.4) is 0 Å². The molecule has 3 N–H and O–H groups in total. The lowest BCUT2D eigenvalue weighted by atomic mass is 10.1. The summed E-state index contributed by atoms with van der Waals surface area (Å²) < 4.78 is 12.9. The Morgan fingerprint density at radius 1 is 1.11 bits per heavy atom. The highest BCUT2D eigenvalue weighted by Crippen LogP contribution is 2.19. The Morgan fingerprint density at radius 2 is 1.84 bits per heavy atom. The summed E-state index contributed by atoms with van der Waals surface area (Å²) in [4.78, 5) is 18.7. The fourth-order valence-electron chi connectivity index (χ4n) is 1.94. The van der Waals surface area contributed by atoms with Gasteiger partial charge in [0.05, 0.1) is 0 Å². The van der Waals surface area contributed by atoms with E-state index >= 15 is 0 Å². The van der Waals surface area contributed by atoms with E-state index in [-0.39, 0.29) is 11.4 Å². The van der Waals surface area contributed by atoms with Gasteiger partial charge in [-0.1, -0.05) is 12.1 Å². The minimum absolute atomic E-state index is 0.280. The third-order valence-corrected chi connectivity index (χ3v) is 2.88. The Hall–Kier alpha value is -2.69. The van der Waals surface area contributed by atoms with Crippen LogP contribution >= 0.6 is 0 Å². The first-order valence-corrected chi connectivity index (χ1v) is 5.69. The van der Waals surface area contributed by atoms with Gasteiger partial charge in [-0.15, -0.1) is 0 Å². The molecule has 0 spiro atoms. The number of nitrogens with one attached hydrogen (secondary N) is 1. The highest BCUT2D eigenvalue weighted by atomic mass is 19.1. The molecule has 0 saturated heterocycles. The number of anilines is 1. The molecule has 0 atom stereocenters. The van der Waals surface area contributed by atoms with Crippen molar-refractivity contribution in [2.75, 3.05) is 5.73 Å². The van der Waals surface area contributed by atoms with Crippen LogP contribution in [0.1, 0.15) is 0 Å². The molecule has 0 unspecified atom stereocenters. The van der Waals surface area contributed by atoms with E-state index in [9.17, 15) is 9.18 Å². The van der Waals surface area contributed by atoms with Crippen LogP contribution < -0.4 is 11.3 Å². The first kappa shape index (κ1) is 11.4. The largest absolute Gasteiger partial charge is 0.384 e. The quantitative estimate of drug-likeness (QED) is 0.700. The maximum Gasteiger partial charge on any atom is 0.257 e. The molecule has 0 aliphatic rings. The topological polar surface area (TPSA) is 71.8 Å². The fraction of sp³-hybridized carbons (Fsp3) is 0. The molecular formula is C14H10FN3O. The van der Waals surface area contributed by atoms with E-state index in [0.717, 1.165) is 5.39 Å². The van der Waals surface area contributed by atoms with E-state index < -0.39 is 0 Å². The second-order valence-electron chi connectivity index (χ2n) is 4.19. The van der Waals surface area contributed by atoms with Crippen molar-refractivity contribution in [2.45, 2.75) is 0 Å². The van der Waals surface area contributed by atoms with E-state index in [1.165, 1.54) is 12.1 Å². The second-order valence-corrected chi connectivity index (χ2v) is 4.19. The average Bonchev–Trinajstić information content (AvgIpc) is 2.39. The van der Waals surface area contributed by atoms with E-state index in [2.05, 4.69) is 9.97 Å². The van der Waals surface area contributed by atoms with Gasteiger partial charge >= 0.3 is 0 Å². The van der Waals surface area contributed by atoms with Crippen molar-refractivity contribution < 1.29 is 4.39 Å². The smallest absolute Gasteiger partial charge is 0.257 e. The van der Waals surface area contributed by atoms with Crippen LogP contribution in [0, 0.1) is 5.82 Å². The van der Waals surface area contributed by atoms with Crippen LogP contribution in [0.2, 0.25) is 0 Å². The van der Waals surface area contributed by atoms with Crippen LogP contribution in [0.5, 0.6) is 0 Å². The number of benzene rings is 1. The van der Waals surface area contributed by atoms with Gasteiger partial charge in [-0.2, -0.15) is 0 Å². The van der Waals surface area contributed by atoms with E-state index in [0.29, 0.717) is 22.6 Å². The molecule has 4 nitrogen and oxygen atoms in total. The molecule has 0 fully saturated rings. The molecule has 2 heterocycles. The van der Waals surface area contributed by atoms with Crippen molar-refractivity contribution in [1.29, 1.82) is 0 Å². The summed E-state index contributed by atoms with van der Waals surface area (Å²) in [6, 6.07) is 10.9. The van der Waals surface area contributed by atoms with E-state index in [4.69, 9.17) is 5.73 Å². The molecule has 0 aliphatic heterocycles. The number of H-pyrrole nitrogens is 1. The van der Waals surface area contributed by atoms with Gasteiger partial charge in [0.15, 0.2) is 0 Å². The Morgan fingerprint density at radius 3 is 2.58 bits per heavy atom. The first-order valence-electron chi connectivity index (χ1n) is 5.69. The van der Waals surface area contributed by atoms with Crippen LogP contribution in [-0.2, 0) is 0 Å². The zero-order valence-corrected chi connectivity index (χ0v) is 9.85. The number of pyridine rings is 2. The zero-order valence-electron chi connectivity index (χ0n) is 9.85. The SMILES string of the molecule is Nc1ccc2cc(-c3ccc(F)cc3)c(=O)[nH]c2n1. The van der Waals surface area contributed by atoms with Crippen LogP contribution in [-0.4, -0.2) is 9.97 Å². The average molecular weight is 255 g/mol. The lowest BCUT2D eigenvalue weighted by molar-refractivity contribution is 0.628. The minimum Gasteiger partial charge on any atom is -0.384 e. The molecule has 19 heavy (non-hydrogen) atoms. The number of rotatable bonds is 1. The molecule has 3 rings (SSSR count). The van der Waals surface area contributed by atoms with Gasteiger partial charge in [0, 0.05) is 10.9 Å². The van der Waals surface area contributed by atoms with E-state index in [1.54, 1.807) is 30.3 Å². The minimum atomic E-state index is -0.338. The van der Waals surface area contributed by atoms with Gasteiger partial charge in [-0.3, -0.25) is 4.79 Å². The van der Waals surface area contributed by atoms with Gasteiger partial charge in [0.2, 0.25) is 0 Å². The Labute approximate surface area is 107 Å². The highest BCUT2D eigenvalue weighted by Gasteiger charge is 2.06. The predicted molar refractivity (Wildman–Crippen MR) is 72.2 cm³/mol. The summed E-state index contributed by atoms with van der Waals surface area (Å²) in [5, 5.41) is 0.771. The summed E-state index contributed by atoms with van der Waals surface area (Å²) in [6.45, 7) is 0. The number of nitrogen functional groups attached to an aromatic ring is 1.